The first-order chi connectivity index (χ1) is 13.2. The zero-order valence-corrected chi connectivity index (χ0v) is 15.1. The second-order valence-electron chi connectivity index (χ2n) is 7.06. The molecule has 27 heavy (non-hydrogen) atoms. The number of urea groups is 1. The van der Waals surface area contributed by atoms with Gasteiger partial charge in [0.1, 0.15) is 6.33 Å². The van der Waals surface area contributed by atoms with Crippen LogP contribution in [0.25, 0.3) is 0 Å². The molecule has 2 N–H and O–H groups in total. The van der Waals surface area contributed by atoms with Crippen LogP contribution in [-0.2, 0) is 12.0 Å². The fourth-order valence-electron chi connectivity index (χ4n) is 3.56. The minimum atomic E-state index is -0.269. The maximum Gasteiger partial charge on any atom is 0.321 e. The number of benzene rings is 2. The molecule has 1 aliphatic rings. The van der Waals surface area contributed by atoms with Crippen molar-refractivity contribution in [3.63, 3.8) is 0 Å². The first kappa shape index (κ1) is 17.3. The molecule has 0 unspecified atom stereocenters. The second kappa shape index (κ2) is 7.61. The van der Waals surface area contributed by atoms with Crippen LogP contribution in [0.5, 0.6) is 0 Å². The van der Waals surface area contributed by atoms with Gasteiger partial charge in [0.25, 0.3) is 0 Å². The van der Waals surface area contributed by atoms with Crippen LogP contribution < -0.4 is 10.6 Å². The molecular weight excluding hydrogens is 338 g/mol. The van der Waals surface area contributed by atoms with E-state index in [9.17, 15) is 4.79 Å². The van der Waals surface area contributed by atoms with Gasteiger partial charge in [0.15, 0.2) is 0 Å². The van der Waals surface area contributed by atoms with Gasteiger partial charge in [0.2, 0.25) is 5.95 Å². The van der Waals surface area contributed by atoms with Crippen LogP contribution in [0.2, 0.25) is 0 Å². The standard InChI is InChI=1S/C21H23N5O/c27-20(22-15-21(12-7-13-21)18-10-5-2-6-11-18)24-19-23-16-26(25-19)14-17-8-3-1-4-9-17/h1-6,8-11,16H,7,12-15H2,(H2,22,24,25,27). The molecule has 2 amide bonds. The average molecular weight is 361 g/mol. The molecule has 0 saturated heterocycles. The molecule has 0 radical (unpaired) electrons. The topological polar surface area (TPSA) is 71.8 Å². The van der Waals surface area contributed by atoms with Crippen molar-refractivity contribution in [2.45, 2.75) is 31.2 Å². The highest BCUT2D eigenvalue weighted by Gasteiger charge is 2.38. The van der Waals surface area contributed by atoms with Gasteiger partial charge in [-0.1, -0.05) is 67.1 Å². The van der Waals surface area contributed by atoms with E-state index in [-0.39, 0.29) is 11.4 Å². The van der Waals surface area contributed by atoms with E-state index in [0.717, 1.165) is 18.4 Å². The molecule has 2 aromatic carbocycles. The SMILES string of the molecule is O=C(NCC1(c2ccccc2)CCC1)Nc1ncn(Cc2ccccc2)n1. The van der Waals surface area contributed by atoms with E-state index in [4.69, 9.17) is 0 Å². The Labute approximate surface area is 158 Å². The largest absolute Gasteiger partial charge is 0.337 e. The molecule has 1 heterocycles. The Bertz CT molecular complexity index is 887. The molecule has 3 aromatic rings. The summed E-state index contributed by atoms with van der Waals surface area (Å²) < 4.78 is 1.71. The number of anilines is 1. The Kier molecular flexibility index (Phi) is 4.87. The predicted molar refractivity (Wildman–Crippen MR) is 105 cm³/mol. The smallest absolute Gasteiger partial charge is 0.321 e. The number of rotatable bonds is 6. The van der Waals surface area contributed by atoms with Crippen molar-refractivity contribution in [1.29, 1.82) is 0 Å². The molecule has 6 heteroatoms. The number of nitrogens with one attached hydrogen (secondary N) is 2. The van der Waals surface area contributed by atoms with Gasteiger partial charge in [0.05, 0.1) is 6.54 Å². The highest BCUT2D eigenvalue weighted by atomic mass is 16.2. The lowest BCUT2D eigenvalue weighted by atomic mass is 9.64. The van der Waals surface area contributed by atoms with Crippen LogP contribution in [0.1, 0.15) is 30.4 Å². The summed E-state index contributed by atoms with van der Waals surface area (Å²) in [6, 6.07) is 20.2. The van der Waals surface area contributed by atoms with Gasteiger partial charge in [0, 0.05) is 12.0 Å². The molecule has 0 bridgehead atoms. The first-order valence-corrected chi connectivity index (χ1v) is 9.27. The number of aromatic nitrogens is 3. The number of nitrogens with zero attached hydrogens (tertiary/aromatic N) is 3. The normalized spacial score (nSPS) is 15.0. The Morgan fingerprint density at radius 2 is 1.74 bits per heavy atom. The fourth-order valence-corrected chi connectivity index (χ4v) is 3.56. The third-order valence-corrected chi connectivity index (χ3v) is 5.23. The Morgan fingerprint density at radius 1 is 1.04 bits per heavy atom. The summed E-state index contributed by atoms with van der Waals surface area (Å²) in [5, 5.41) is 10.0. The Hall–Kier alpha value is -3.15. The van der Waals surface area contributed by atoms with E-state index in [1.54, 1.807) is 11.0 Å². The number of hydrogen-bond acceptors (Lipinski definition) is 3. The average Bonchev–Trinajstić information content (AvgIpc) is 3.09. The maximum atomic E-state index is 12.3. The summed E-state index contributed by atoms with van der Waals surface area (Å²) in [7, 11) is 0. The number of carbonyl (C=O) groups is 1. The molecule has 0 aliphatic heterocycles. The van der Waals surface area contributed by atoms with Gasteiger partial charge in [-0.3, -0.25) is 5.32 Å². The maximum absolute atomic E-state index is 12.3. The quantitative estimate of drug-likeness (QED) is 0.705. The van der Waals surface area contributed by atoms with Crippen molar-refractivity contribution in [1.82, 2.24) is 20.1 Å². The molecule has 138 valence electrons. The van der Waals surface area contributed by atoms with E-state index >= 15 is 0 Å². The van der Waals surface area contributed by atoms with Gasteiger partial charge in [-0.25, -0.2) is 14.5 Å². The molecule has 1 aromatic heterocycles. The van der Waals surface area contributed by atoms with Crippen LogP contribution in [0, 0.1) is 0 Å². The minimum Gasteiger partial charge on any atom is -0.337 e. The Morgan fingerprint density at radius 3 is 2.41 bits per heavy atom. The van der Waals surface area contributed by atoms with Crippen molar-refractivity contribution >= 4 is 12.0 Å². The predicted octanol–water partition coefficient (Wildman–Crippen LogP) is 3.57. The summed E-state index contributed by atoms with van der Waals surface area (Å²) in [6.45, 7) is 1.24. The molecule has 0 spiro atoms. The van der Waals surface area contributed by atoms with Crippen LogP contribution in [0.15, 0.2) is 67.0 Å². The lowest BCUT2D eigenvalue weighted by Crippen LogP contribution is -2.46. The highest BCUT2D eigenvalue weighted by Crippen LogP contribution is 2.43. The van der Waals surface area contributed by atoms with Crippen molar-refractivity contribution in [2.24, 2.45) is 0 Å². The van der Waals surface area contributed by atoms with Crippen molar-refractivity contribution in [3.05, 3.63) is 78.1 Å². The van der Waals surface area contributed by atoms with Crippen molar-refractivity contribution in [2.75, 3.05) is 11.9 Å². The zero-order chi connectivity index (χ0) is 18.5. The number of carbonyl (C=O) groups excluding carboxylic acids is 1. The summed E-state index contributed by atoms with van der Waals surface area (Å²) in [5.74, 6) is 0.311. The van der Waals surface area contributed by atoms with Crippen LogP contribution >= 0.6 is 0 Å². The molecule has 6 nitrogen and oxygen atoms in total. The Balaban J connectivity index is 1.32. The van der Waals surface area contributed by atoms with Crippen LogP contribution in [0.3, 0.4) is 0 Å². The fraction of sp³-hybridized carbons (Fsp3) is 0.286. The molecule has 1 fully saturated rings. The van der Waals surface area contributed by atoms with Gasteiger partial charge < -0.3 is 5.32 Å². The molecule has 1 saturated carbocycles. The van der Waals surface area contributed by atoms with Crippen molar-refractivity contribution < 1.29 is 4.79 Å². The third kappa shape index (κ3) is 4.00. The van der Waals surface area contributed by atoms with Crippen LogP contribution in [-0.4, -0.2) is 27.3 Å². The first-order valence-electron chi connectivity index (χ1n) is 9.27. The second-order valence-corrected chi connectivity index (χ2v) is 7.06. The number of hydrogen-bond donors (Lipinski definition) is 2. The summed E-state index contributed by atoms with van der Waals surface area (Å²) in [4.78, 5) is 16.5. The number of amides is 2. The van der Waals surface area contributed by atoms with Crippen molar-refractivity contribution in [3.8, 4) is 0 Å². The lowest BCUT2D eigenvalue weighted by Gasteiger charge is -2.42. The highest BCUT2D eigenvalue weighted by molar-refractivity contribution is 5.87. The zero-order valence-electron chi connectivity index (χ0n) is 15.1. The minimum absolute atomic E-state index is 0.0543. The molecule has 1 aliphatic carbocycles. The molecule has 4 rings (SSSR count). The van der Waals surface area contributed by atoms with E-state index in [2.05, 4.69) is 45.0 Å². The van der Waals surface area contributed by atoms with Gasteiger partial charge in [-0.2, -0.15) is 0 Å². The van der Waals surface area contributed by atoms with E-state index in [1.165, 1.54) is 12.0 Å². The monoisotopic (exact) mass is 361 g/mol. The van der Waals surface area contributed by atoms with Crippen LogP contribution in [0.4, 0.5) is 10.7 Å². The summed E-state index contributed by atoms with van der Waals surface area (Å²) in [5.41, 5.74) is 2.48. The van der Waals surface area contributed by atoms with E-state index in [1.807, 2.05) is 36.4 Å². The molecule has 0 atom stereocenters. The van der Waals surface area contributed by atoms with Gasteiger partial charge in [-0.05, 0) is 24.0 Å². The lowest BCUT2D eigenvalue weighted by molar-refractivity contribution is 0.222. The van der Waals surface area contributed by atoms with E-state index in [0.29, 0.717) is 19.0 Å². The molecular formula is C21H23N5O. The third-order valence-electron chi connectivity index (χ3n) is 5.23. The van der Waals surface area contributed by atoms with Gasteiger partial charge in [-0.15, -0.1) is 5.10 Å². The van der Waals surface area contributed by atoms with Gasteiger partial charge >= 0.3 is 6.03 Å². The van der Waals surface area contributed by atoms with E-state index < -0.39 is 0 Å². The summed E-state index contributed by atoms with van der Waals surface area (Å²) in [6.07, 6.45) is 5.02. The summed E-state index contributed by atoms with van der Waals surface area (Å²) >= 11 is 0.